The van der Waals surface area contributed by atoms with Gasteiger partial charge in [-0.05, 0) is 30.7 Å². The third-order valence-corrected chi connectivity index (χ3v) is 4.02. The summed E-state index contributed by atoms with van der Waals surface area (Å²) in [5.74, 6) is 0.0388. The minimum atomic E-state index is -4.68. The summed E-state index contributed by atoms with van der Waals surface area (Å²) in [6, 6.07) is 6.26. The Hall–Kier alpha value is -2.48. The predicted molar refractivity (Wildman–Crippen MR) is 90.3 cm³/mol. The first-order valence-corrected chi connectivity index (χ1v) is 7.91. The molecule has 0 saturated carbocycles. The van der Waals surface area contributed by atoms with Gasteiger partial charge in [0.25, 0.3) is 5.56 Å². The molecule has 0 spiro atoms. The first kappa shape index (κ1) is 19.8. The van der Waals surface area contributed by atoms with Gasteiger partial charge in [-0.25, -0.2) is 0 Å². The van der Waals surface area contributed by atoms with Crippen molar-refractivity contribution < 1.29 is 22.7 Å². The Morgan fingerprint density at radius 2 is 1.92 bits per heavy atom. The maximum absolute atomic E-state index is 12.9. The van der Waals surface area contributed by atoms with Gasteiger partial charge in [-0.3, -0.25) is 9.59 Å². The highest BCUT2D eigenvalue weighted by molar-refractivity contribution is 6.30. The summed E-state index contributed by atoms with van der Waals surface area (Å²) >= 11 is 5.60. The fraction of sp³-hybridized carbons (Fsp3) is 0.294. The molecule has 26 heavy (non-hydrogen) atoms. The summed E-state index contributed by atoms with van der Waals surface area (Å²) in [5.41, 5.74) is -1.20. The van der Waals surface area contributed by atoms with Gasteiger partial charge in [-0.1, -0.05) is 23.7 Å². The number of halogens is 4. The van der Waals surface area contributed by atoms with Crippen LogP contribution in [0.5, 0.6) is 5.75 Å². The molecule has 1 atom stereocenters. The first-order valence-electron chi connectivity index (χ1n) is 7.53. The summed E-state index contributed by atoms with van der Waals surface area (Å²) < 4.78 is 44.4. The zero-order valence-corrected chi connectivity index (χ0v) is 14.7. The summed E-state index contributed by atoms with van der Waals surface area (Å²) in [6.07, 6.45) is -4.09. The number of carbonyl (C=O) groups is 1. The number of ether oxygens (including phenoxy) is 1. The van der Waals surface area contributed by atoms with Gasteiger partial charge in [-0.15, -0.1) is 0 Å². The zero-order valence-electron chi connectivity index (χ0n) is 13.9. The number of amides is 1. The number of hydrogen-bond donors (Lipinski definition) is 1. The molecule has 0 saturated heterocycles. The van der Waals surface area contributed by atoms with Crippen LogP contribution in [0.1, 0.15) is 24.1 Å². The van der Waals surface area contributed by atoms with Crippen molar-refractivity contribution in [1.29, 1.82) is 0 Å². The molecule has 0 aliphatic heterocycles. The number of alkyl halides is 3. The largest absolute Gasteiger partial charge is 0.497 e. The number of nitrogens with one attached hydrogen (secondary N) is 1. The van der Waals surface area contributed by atoms with Crippen LogP contribution in [-0.2, 0) is 17.5 Å². The first-order chi connectivity index (χ1) is 12.1. The second-order valence-corrected chi connectivity index (χ2v) is 5.94. The lowest BCUT2D eigenvalue weighted by atomic mass is 10.2. The molecule has 0 aliphatic rings. The lowest BCUT2D eigenvalue weighted by Crippen LogP contribution is -2.36. The monoisotopic (exact) mass is 388 g/mol. The van der Waals surface area contributed by atoms with Crippen LogP contribution in [0.2, 0.25) is 5.02 Å². The van der Waals surface area contributed by atoms with Crippen LogP contribution in [0.25, 0.3) is 0 Å². The van der Waals surface area contributed by atoms with Crippen molar-refractivity contribution in [3.8, 4) is 5.75 Å². The van der Waals surface area contributed by atoms with Gasteiger partial charge in [0.05, 0.1) is 12.7 Å². The van der Waals surface area contributed by atoms with E-state index in [4.69, 9.17) is 16.3 Å². The topological polar surface area (TPSA) is 60.3 Å². The summed E-state index contributed by atoms with van der Waals surface area (Å²) in [4.78, 5) is 24.3. The van der Waals surface area contributed by atoms with E-state index in [9.17, 15) is 22.8 Å². The van der Waals surface area contributed by atoms with E-state index in [1.807, 2.05) is 0 Å². The average molecular weight is 389 g/mol. The molecule has 1 aromatic heterocycles. The Morgan fingerprint density at radius 1 is 1.31 bits per heavy atom. The molecule has 9 heteroatoms. The van der Waals surface area contributed by atoms with E-state index in [0.29, 0.717) is 22.6 Å². The van der Waals surface area contributed by atoms with Crippen molar-refractivity contribution in [1.82, 2.24) is 9.88 Å². The number of pyridine rings is 1. The second kappa shape index (κ2) is 7.82. The molecule has 1 amide bonds. The van der Waals surface area contributed by atoms with Crippen LogP contribution >= 0.6 is 11.6 Å². The van der Waals surface area contributed by atoms with Crippen molar-refractivity contribution >= 4 is 17.5 Å². The molecule has 0 aliphatic carbocycles. The molecule has 0 bridgehead atoms. The van der Waals surface area contributed by atoms with Crippen LogP contribution in [0.15, 0.2) is 41.3 Å². The van der Waals surface area contributed by atoms with Crippen molar-refractivity contribution in [2.24, 2.45) is 0 Å². The molecule has 2 aromatic rings. The molecule has 1 N–H and O–H groups in total. The van der Waals surface area contributed by atoms with Crippen LogP contribution in [0.4, 0.5) is 13.2 Å². The smallest absolute Gasteiger partial charge is 0.417 e. The molecule has 5 nitrogen and oxygen atoms in total. The fourth-order valence-corrected chi connectivity index (χ4v) is 2.43. The van der Waals surface area contributed by atoms with E-state index in [0.717, 1.165) is 5.56 Å². The SMILES string of the molecule is COc1ccc(CNC(=O)[C@H](C)n2cc(C(F)(F)F)cc(Cl)c2=O)cc1. The Bertz CT molecular complexity index is 848. The van der Waals surface area contributed by atoms with Gasteiger partial charge >= 0.3 is 6.18 Å². The fourth-order valence-electron chi connectivity index (χ4n) is 2.22. The molecular weight excluding hydrogens is 373 g/mol. The standard InChI is InChI=1S/C17H16ClF3N2O3/c1-10(15(24)22-8-11-3-5-13(26-2)6-4-11)23-9-12(17(19,20)21)7-14(18)16(23)25/h3-7,9-10H,8H2,1-2H3,(H,22,24)/t10-/m0/s1. The Kier molecular flexibility index (Phi) is 5.97. The molecule has 1 heterocycles. The van der Waals surface area contributed by atoms with Crippen molar-refractivity contribution in [3.63, 3.8) is 0 Å². The third kappa shape index (κ3) is 4.57. The van der Waals surface area contributed by atoms with Gasteiger partial charge in [0.2, 0.25) is 5.91 Å². The third-order valence-electron chi connectivity index (χ3n) is 3.75. The van der Waals surface area contributed by atoms with Crippen LogP contribution in [0.3, 0.4) is 0 Å². The van der Waals surface area contributed by atoms with Gasteiger partial charge in [0.1, 0.15) is 16.8 Å². The minimum absolute atomic E-state index is 0.147. The molecule has 0 radical (unpaired) electrons. The van der Waals surface area contributed by atoms with Crippen LogP contribution < -0.4 is 15.6 Å². The lowest BCUT2D eigenvalue weighted by molar-refractivity contribution is -0.138. The maximum Gasteiger partial charge on any atom is 0.417 e. The number of aromatic nitrogens is 1. The second-order valence-electron chi connectivity index (χ2n) is 5.53. The normalized spacial score (nSPS) is 12.5. The molecule has 0 unspecified atom stereocenters. The summed E-state index contributed by atoms with van der Waals surface area (Å²) in [7, 11) is 1.52. The number of methoxy groups -OCH3 is 1. The van der Waals surface area contributed by atoms with E-state index in [1.165, 1.54) is 14.0 Å². The lowest BCUT2D eigenvalue weighted by Gasteiger charge is -2.17. The predicted octanol–water partition coefficient (Wildman–Crippen LogP) is 3.41. The van der Waals surface area contributed by atoms with E-state index < -0.39 is 34.3 Å². The number of carbonyl (C=O) groups excluding carboxylic acids is 1. The van der Waals surface area contributed by atoms with Gasteiger partial charge in [-0.2, -0.15) is 13.2 Å². The quantitative estimate of drug-likeness (QED) is 0.854. The van der Waals surface area contributed by atoms with E-state index in [2.05, 4.69) is 5.32 Å². The summed E-state index contributed by atoms with van der Waals surface area (Å²) in [6.45, 7) is 1.47. The van der Waals surface area contributed by atoms with Gasteiger partial charge in [0, 0.05) is 12.7 Å². The Balaban J connectivity index is 2.16. The maximum atomic E-state index is 12.9. The molecule has 0 fully saturated rings. The van der Waals surface area contributed by atoms with Gasteiger partial charge in [0.15, 0.2) is 0 Å². The number of benzene rings is 1. The van der Waals surface area contributed by atoms with Crippen LogP contribution in [-0.4, -0.2) is 17.6 Å². The molecular formula is C17H16ClF3N2O3. The highest BCUT2D eigenvalue weighted by Crippen LogP contribution is 2.30. The van der Waals surface area contributed by atoms with Crippen molar-refractivity contribution in [3.05, 3.63) is 63.0 Å². The van der Waals surface area contributed by atoms with Crippen LogP contribution in [0, 0.1) is 0 Å². The summed E-state index contributed by atoms with van der Waals surface area (Å²) in [5, 5.41) is 1.97. The Morgan fingerprint density at radius 3 is 2.46 bits per heavy atom. The van der Waals surface area contributed by atoms with E-state index in [1.54, 1.807) is 24.3 Å². The number of rotatable bonds is 5. The minimum Gasteiger partial charge on any atom is -0.497 e. The highest BCUT2D eigenvalue weighted by Gasteiger charge is 2.33. The van der Waals surface area contributed by atoms with E-state index in [-0.39, 0.29) is 6.54 Å². The van der Waals surface area contributed by atoms with E-state index >= 15 is 0 Å². The zero-order chi connectivity index (χ0) is 19.5. The molecule has 2 rings (SSSR count). The van der Waals surface area contributed by atoms with Crippen molar-refractivity contribution in [2.45, 2.75) is 25.7 Å². The molecule has 1 aromatic carbocycles. The Labute approximate surface area is 152 Å². The number of nitrogens with zero attached hydrogens (tertiary/aromatic N) is 1. The van der Waals surface area contributed by atoms with Gasteiger partial charge < -0.3 is 14.6 Å². The van der Waals surface area contributed by atoms with Crippen molar-refractivity contribution in [2.75, 3.05) is 7.11 Å². The number of hydrogen-bond acceptors (Lipinski definition) is 3. The average Bonchev–Trinajstić information content (AvgIpc) is 2.60. The molecule has 140 valence electrons. The highest BCUT2D eigenvalue weighted by atomic mass is 35.5.